The summed E-state index contributed by atoms with van der Waals surface area (Å²) in [6.45, 7) is 18.7. The van der Waals surface area contributed by atoms with E-state index in [1.807, 2.05) is 39.8 Å². The third kappa shape index (κ3) is 23.0. The summed E-state index contributed by atoms with van der Waals surface area (Å²) in [6.07, 6.45) is 12.5. The molecule has 0 aliphatic rings. The normalized spacial score (nSPS) is 14.0. The van der Waals surface area contributed by atoms with Gasteiger partial charge in [-0.1, -0.05) is 41.4 Å². The molecular weight excluding hydrogens is 538 g/mol. The fourth-order valence-corrected chi connectivity index (χ4v) is 4.69. The van der Waals surface area contributed by atoms with Crippen molar-refractivity contribution < 1.29 is 28.6 Å². The van der Waals surface area contributed by atoms with Gasteiger partial charge in [0.15, 0.2) is 0 Å². The number of carbonyl (C=O) groups is 3. The molecule has 0 aromatic heterocycles. The fourth-order valence-electron chi connectivity index (χ4n) is 3.69. The number of rotatable bonds is 21. The first kappa shape index (κ1) is 38.7. The van der Waals surface area contributed by atoms with Gasteiger partial charge in [-0.25, -0.2) is 0 Å². The van der Waals surface area contributed by atoms with Crippen LogP contribution in [0.1, 0.15) is 101 Å². The summed E-state index contributed by atoms with van der Waals surface area (Å²) in [5.41, 5.74) is 4.97. The van der Waals surface area contributed by atoms with Gasteiger partial charge in [-0.05, 0) is 93.2 Å². The first-order valence-corrected chi connectivity index (χ1v) is 15.8. The van der Waals surface area contributed by atoms with Crippen molar-refractivity contribution in [1.29, 1.82) is 0 Å². The summed E-state index contributed by atoms with van der Waals surface area (Å²) in [5, 5.41) is 3.16. The van der Waals surface area contributed by atoms with Crippen molar-refractivity contribution >= 4 is 29.7 Å². The standard InChI is InChI=1S/C33H55NO6S/c1-10-38-33(37)30(34-28(8)21-31(35)39-19-17-26(6)15-11-13-24(2)3)23-41-29(9)22-32(36)40-20-18-27(7)16-12-14-25(4)5/h13-14,17-18,28-30,34H,10-12,15-16,19-23H2,1-9H3. The molecule has 7 nitrogen and oxygen atoms in total. The summed E-state index contributed by atoms with van der Waals surface area (Å²) in [6, 6.07) is -0.892. The Hall–Kier alpha value is -2.32. The summed E-state index contributed by atoms with van der Waals surface area (Å²) in [4.78, 5) is 37.2. The molecule has 0 aromatic carbocycles. The van der Waals surface area contributed by atoms with Crippen molar-refractivity contribution in [1.82, 2.24) is 5.32 Å². The molecule has 0 heterocycles. The van der Waals surface area contributed by atoms with Crippen LogP contribution in [0.5, 0.6) is 0 Å². The molecule has 234 valence electrons. The van der Waals surface area contributed by atoms with Gasteiger partial charge in [-0.3, -0.25) is 14.4 Å². The second kappa shape index (κ2) is 23.3. The number of carbonyl (C=O) groups excluding carboxylic acids is 3. The lowest BCUT2D eigenvalue weighted by Gasteiger charge is -2.22. The molecule has 0 fully saturated rings. The molecule has 3 unspecified atom stereocenters. The maximum absolute atomic E-state index is 12.6. The van der Waals surface area contributed by atoms with Crippen LogP contribution in [0.2, 0.25) is 0 Å². The summed E-state index contributed by atoms with van der Waals surface area (Å²) in [7, 11) is 0. The molecule has 8 heteroatoms. The quantitative estimate of drug-likeness (QED) is 0.0844. The van der Waals surface area contributed by atoms with E-state index in [4.69, 9.17) is 14.2 Å². The van der Waals surface area contributed by atoms with Crippen molar-refractivity contribution in [2.24, 2.45) is 0 Å². The predicted octanol–water partition coefficient (Wildman–Crippen LogP) is 7.27. The Morgan fingerprint density at radius 2 is 1.22 bits per heavy atom. The lowest BCUT2D eigenvalue weighted by molar-refractivity contribution is -0.147. The Kier molecular flexibility index (Phi) is 21.9. The molecule has 0 spiro atoms. The highest BCUT2D eigenvalue weighted by Gasteiger charge is 2.24. The largest absolute Gasteiger partial charge is 0.465 e. The van der Waals surface area contributed by atoms with Crippen molar-refractivity contribution in [3.8, 4) is 0 Å². The van der Waals surface area contributed by atoms with Crippen molar-refractivity contribution in [2.75, 3.05) is 25.6 Å². The molecule has 0 rings (SSSR count). The summed E-state index contributed by atoms with van der Waals surface area (Å²) >= 11 is 1.49. The van der Waals surface area contributed by atoms with Gasteiger partial charge in [0.1, 0.15) is 19.3 Å². The highest BCUT2D eigenvalue weighted by molar-refractivity contribution is 7.99. The minimum absolute atomic E-state index is 0.0454. The molecule has 0 bridgehead atoms. The molecule has 1 N–H and O–H groups in total. The lowest BCUT2D eigenvalue weighted by atomic mass is 10.1. The Morgan fingerprint density at radius 1 is 0.732 bits per heavy atom. The van der Waals surface area contributed by atoms with Crippen molar-refractivity contribution in [3.05, 3.63) is 46.6 Å². The van der Waals surface area contributed by atoms with Gasteiger partial charge in [0.2, 0.25) is 0 Å². The van der Waals surface area contributed by atoms with E-state index in [-0.39, 0.29) is 61.9 Å². The highest BCUT2D eigenvalue weighted by atomic mass is 32.2. The Bertz CT molecular complexity index is 913. The van der Waals surface area contributed by atoms with Crippen LogP contribution in [0.3, 0.4) is 0 Å². The monoisotopic (exact) mass is 593 g/mol. The second-order valence-electron chi connectivity index (χ2n) is 11.0. The zero-order valence-corrected chi connectivity index (χ0v) is 27.8. The van der Waals surface area contributed by atoms with Gasteiger partial charge >= 0.3 is 17.9 Å². The van der Waals surface area contributed by atoms with Gasteiger partial charge < -0.3 is 19.5 Å². The number of hydrogen-bond donors (Lipinski definition) is 1. The van der Waals surface area contributed by atoms with Crippen LogP contribution in [-0.2, 0) is 28.6 Å². The third-order valence-electron chi connectivity index (χ3n) is 6.07. The zero-order valence-electron chi connectivity index (χ0n) is 27.0. The average Bonchev–Trinajstić information content (AvgIpc) is 2.86. The molecule has 3 atom stereocenters. The molecule has 41 heavy (non-hydrogen) atoms. The van der Waals surface area contributed by atoms with Crippen LogP contribution >= 0.6 is 11.8 Å². The Balaban J connectivity index is 4.62. The molecule has 0 aromatic rings. The number of allylic oxidation sites excluding steroid dienone is 6. The van der Waals surface area contributed by atoms with E-state index in [1.54, 1.807) is 6.92 Å². The zero-order chi connectivity index (χ0) is 31.2. The van der Waals surface area contributed by atoms with Gasteiger partial charge in [0.05, 0.1) is 19.4 Å². The maximum atomic E-state index is 12.6. The number of ether oxygens (including phenoxy) is 3. The molecular formula is C33H55NO6S. The van der Waals surface area contributed by atoms with Crippen LogP contribution in [0.4, 0.5) is 0 Å². The molecule has 0 aliphatic heterocycles. The molecule has 0 aliphatic carbocycles. The van der Waals surface area contributed by atoms with E-state index < -0.39 is 6.04 Å². The smallest absolute Gasteiger partial charge is 0.323 e. The van der Waals surface area contributed by atoms with E-state index in [1.165, 1.54) is 34.1 Å². The van der Waals surface area contributed by atoms with Gasteiger partial charge in [0.25, 0.3) is 0 Å². The SMILES string of the molecule is CCOC(=O)C(CSC(C)CC(=O)OCC=C(C)CCC=C(C)C)NC(C)CC(=O)OCC=C(C)CCC=C(C)C. The number of nitrogens with one attached hydrogen (secondary N) is 1. The van der Waals surface area contributed by atoms with Crippen LogP contribution in [0.15, 0.2) is 46.6 Å². The van der Waals surface area contributed by atoms with Crippen molar-refractivity contribution in [3.63, 3.8) is 0 Å². The minimum atomic E-state index is -0.607. The van der Waals surface area contributed by atoms with Gasteiger partial charge in [0, 0.05) is 17.0 Å². The van der Waals surface area contributed by atoms with Crippen LogP contribution in [0.25, 0.3) is 0 Å². The van der Waals surface area contributed by atoms with Crippen LogP contribution in [-0.4, -0.2) is 60.8 Å². The van der Waals surface area contributed by atoms with E-state index >= 15 is 0 Å². The highest BCUT2D eigenvalue weighted by Crippen LogP contribution is 2.17. The molecule has 0 radical (unpaired) electrons. The molecule has 0 amide bonds. The number of hydrogen-bond acceptors (Lipinski definition) is 8. The van der Waals surface area contributed by atoms with Gasteiger partial charge in [-0.2, -0.15) is 11.8 Å². The lowest BCUT2D eigenvalue weighted by Crippen LogP contribution is -2.45. The Labute approximate surface area is 253 Å². The number of esters is 3. The average molecular weight is 594 g/mol. The van der Waals surface area contributed by atoms with Crippen molar-refractivity contribution in [2.45, 2.75) is 118 Å². The minimum Gasteiger partial charge on any atom is -0.465 e. The third-order valence-corrected chi connectivity index (χ3v) is 7.33. The van der Waals surface area contributed by atoms with E-state index in [0.717, 1.165) is 25.7 Å². The van der Waals surface area contributed by atoms with E-state index in [2.05, 4.69) is 45.2 Å². The first-order chi connectivity index (χ1) is 19.3. The first-order valence-electron chi connectivity index (χ1n) is 14.8. The fraction of sp³-hybridized carbons (Fsp3) is 0.667. The maximum Gasteiger partial charge on any atom is 0.323 e. The number of thioether (sulfide) groups is 1. The van der Waals surface area contributed by atoms with Gasteiger partial charge in [-0.15, -0.1) is 0 Å². The molecule has 0 saturated heterocycles. The molecule has 0 saturated carbocycles. The van der Waals surface area contributed by atoms with E-state index in [9.17, 15) is 14.4 Å². The topological polar surface area (TPSA) is 90.9 Å². The summed E-state index contributed by atoms with van der Waals surface area (Å²) < 4.78 is 16.0. The Morgan fingerprint density at radius 3 is 1.68 bits per heavy atom. The van der Waals surface area contributed by atoms with Crippen LogP contribution in [0, 0.1) is 0 Å². The predicted molar refractivity (Wildman–Crippen MR) is 171 cm³/mol. The van der Waals surface area contributed by atoms with Crippen LogP contribution < -0.4 is 5.32 Å². The second-order valence-corrected chi connectivity index (χ2v) is 12.5. The summed E-state index contributed by atoms with van der Waals surface area (Å²) in [5.74, 6) is -0.565. The van der Waals surface area contributed by atoms with E-state index in [0.29, 0.717) is 5.75 Å².